The summed E-state index contributed by atoms with van der Waals surface area (Å²) >= 11 is 0. The van der Waals surface area contributed by atoms with Crippen LogP contribution in [-0.2, 0) is 18.5 Å². The van der Waals surface area contributed by atoms with E-state index in [2.05, 4.69) is 9.97 Å². The van der Waals surface area contributed by atoms with Crippen molar-refractivity contribution < 1.29 is 36.6 Å². The summed E-state index contributed by atoms with van der Waals surface area (Å²) in [5, 5.41) is 18.7. The molecule has 11 heteroatoms. The second-order valence-corrected chi connectivity index (χ2v) is 7.01. The molecule has 2 N–H and O–H groups in total. The molecule has 0 aliphatic rings. The van der Waals surface area contributed by atoms with Gasteiger partial charge in [0.05, 0.1) is 16.6 Å². The molecule has 0 amide bonds. The number of alkyl halides is 6. The first-order chi connectivity index (χ1) is 14.3. The van der Waals surface area contributed by atoms with Gasteiger partial charge in [0.1, 0.15) is 0 Å². The molecular formula is C20H19F6N3O2. The number of pyridine rings is 2. The van der Waals surface area contributed by atoms with E-state index in [-0.39, 0.29) is 28.5 Å². The van der Waals surface area contributed by atoms with E-state index >= 15 is 0 Å². The van der Waals surface area contributed by atoms with Crippen LogP contribution in [-0.4, -0.2) is 44.3 Å². The number of hydrogen-bond acceptors (Lipinski definition) is 5. The van der Waals surface area contributed by atoms with Gasteiger partial charge >= 0.3 is 12.4 Å². The number of halogens is 6. The van der Waals surface area contributed by atoms with Crippen molar-refractivity contribution in [2.75, 3.05) is 13.1 Å². The summed E-state index contributed by atoms with van der Waals surface area (Å²) in [5.41, 5.74) is -3.16. The molecule has 0 saturated carbocycles. The number of hydrogen-bond donors (Lipinski definition) is 2. The van der Waals surface area contributed by atoms with Crippen molar-refractivity contribution >= 4 is 21.8 Å². The Morgan fingerprint density at radius 3 is 2.10 bits per heavy atom. The standard InChI is InChI=1S/C20H19F6N3O2/c1-3-29(4-2)10-11-9-28-17-13(15(11)19(21,22)23)8-14(18(30,31)20(24,25)26)12-6-5-7-27-16(12)17/h5-9,30-31H,3-4,10H2,1-2H3. The fourth-order valence-corrected chi connectivity index (χ4v) is 3.51. The van der Waals surface area contributed by atoms with Gasteiger partial charge in [-0.2, -0.15) is 26.3 Å². The van der Waals surface area contributed by atoms with Crippen LogP contribution in [0.2, 0.25) is 0 Å². The summed E-state index contributed by atoms with van der Waals surface area (Å²) < 4.78 is 82.3. The zero-order valence-corrected chi connectivity index (χ0v) is 16.5. The molecule has 5 nitrogen and oxygen atoms in total. The summed E-state index contributed by atoms with van der Waals surface area (Å²) in [6.07, 6.45) is -8.29. The highest BCUT2D eigenvalue weighted by Crippen LogP contribution is 2.44. The van der Waals surface area contributed by atoms with Gasteiger partial charge in [0, 0.05) is 35.3 Å². The maximum absolute atomic E-state index is 14.1. The molecule has 0 aliphatic carbocycles. The van der Waals surface area contributed by atoms with Crippen LogP contribution < -0.4 is 0 Å². The van der Waals surface area contributed by atoms with E-state index in [0.717, 1.165) is 12.3 Å². The van der Waals surface area contributed by atoms with E-state index in [9.17, 15) is 36.6 Å². The molecule has 0 atom stereocenters. The van der Waals surface area contributed by atoms with Crippen LogP contribution >= 0.6 is 0 Å². The number of fused-ring (bicyclic) bond motifs is 3. The molecule has 2 heterocycles. The Kier molecular flexibility index (Phi) is 5.89. The molecule has 2 aromatic heterocycles. The number of rotatable bonds is 5. The highest BCUT2D eigenvalue weighted by Gasteiger charge is 2.55. The third-order valence-electron chi connectivity index (χ3n) is 5.15. The zero-order chi connectivity index (χ0) is 23.2. The lowest BCUT2D eigenvalue weighted by Crippen LogP contribution is -2.42. The maximum Gasteiger partial charge on any atom is 0.447 e. The number of benzene rings is 1. The van der Waals surface area contributed by atoms with Gasteiger partial charge in [0.15, 0.2) is 0 Å². The van der Waals surface area contributed by atoms with Gasteiger partial charge in [0.25, 0.3) is 5.79 Å². The molecule has 168 valence electrons. The fourth-order valence-electron chi connectivity index (χ4n) is 3.51. The summed E-state index contributed by atoms with van der Waals surface area (Å²) in [7, 11) is 0. The first kappa shape index (κ1) is 23.2. The highest BCUT2D eigenvalue weighted by molar-refractivity contribution is 6.06. The summed E-state index contributed by atoms with van der Waals surface area (Å²) in [6, 6.07) is 2.85. The van der Waals surface area contributed by atoms with Crippen molar-refractivity contribution in [3.05, 3.63) is 47.3 Å². The van der Waals surface area contributed by atoms with E-state index in [1.165, 1.54) is 12.3 Å². The molecular weight excluding hydrogens is 428 g/mol. The minimum absolute atomic E-state index is 0.136. The molecule has 0 unspecified atom stereocenters. The predicted octanol–water partition coefficient (Wildman–Crippen LogP) is 4.34. The maximum atomic E-state index is 14.1. The predicted molar refractivity (Wildman–Crippen MR) is 101 cm³/mol. The normalized spacial score (nSPS) is 13.5. The highest BCUT2D eigenvalue weighted by atomic mass is 19.4. The molecule has 1 aromatic carbocycles. The number of aliphatic hydroxyl groups is 2. The van der Waals surface area contributed by atoms with E-state index in [0.29, 0.717) is 19.2 Å². The van der Waals surface area contributed by atoms with Gasteiger partial charge in [0.2, 0.25) is 0 Å². The van der Waals surface area contributed by atoms with Gasteiger partial charge in [-0.25, -0.2) is 0 Å². The number of nitrogens with zero attached hydrogens (tertiary/aromatic N) is 3. The van der Waals surface area contributed by atoms with E-state index in [4.69, 9.17) is 0 Å². The van der Waals surface area contributed by atoms with E-state index in [1.807, 2.05) is 0 Å². The molecule has 0 spiro atoms. The van der Waals surface area contributed by atoms with Crippen molar-refractivity contribution in [1.82, 2.24) is 14.9 Å². The Morgan fingerprint density at radius 1 is 0.935 bits per heavy atom. The minimum Gasteiger partial charge on any atom is -0.355 e. The van der Waals surface area contributed by atoms with Gasteiger partial charge < -0.3 is 10.2 Å². The van der Waals surface area contributed by atoms with Crippen molar-refractivity contribution in [3.8, 4) is 0 Å². The van der Waals surface area contributed by atoms with Crippen LogP contribution in [0.3, 0.4) is 0 Å². The van der Waals surface area contributed by atoms with Crippen LogP contribution in [0, 0.1) is 0 Å². The van der Waals surface area contributed by atoms with Crippen LogP contribution in [0.15, 0.2) is 30.6 Å². The van der Waals surface area contributed by atoms with Crippen molar-refractivity contribution in [3.63, 3.8) is 0 Å². The van der Waals surface area contributed by atoms with Crippen LogP contribution in [0.1, 0.15) is 30.5 Å². The molecule has 0 radical (unpaired) electrons. The first-order valence-corrected chi connectivity index (χ1v) is 9.33. The number of aromatic nitrogens is 2. The molecule has 0 fully saturated rings. The summed E-state index contributed by atoms with van der Waals surface area (Å²) in [6.45, 7) is 4.27. The molecule has 0 bridgehead atoms. The topological polar surface area (TPSA) is 69.5 Å². The Bertz CT molecular complexity index is 1110. The molecule has 3 rings (SSSR count). The second-order valence-electron chi connectivity index (χ2n) is 7.01. The first-order valence-electron chi connectivity index (χ1n) is 9.33. The van der Waals surface area contributed by atoms with Crippen LogP contribution in [0.5, 0.6) is 0 Å². The zero-order valence-electron chi connectivity index (χ0n) is 16.5. The SMILES string of the molecule is CCN(CC)Cc1cnc2c(cc(C(O)(O)C(F)(F)F)c3cccnc32)c1C(F)(F)F. The Morgan fingerprint density at radius 2 is 1.55 bits per heavy atom. The van der Waals surface area contributed by atoms with Crippen LogP contribution in [0.4, 0.5) is 26.3 Å². The third kappa shape index (κ3) is 4.04. The Labute approximate surface area is 172 Å². The Balaban J connectivity index is 2.47. The average molecular weight is 447 g/mol. The lowest BCUT2D eigenvalue weighted by molar-refractivity contribution is -0.357. The summed E-state index contributed by atoms with van der Waals surface area (Å²) in [5.74, 6) is -4.39. The quantitative estimate of drug-likeness (QED) is 0.346. The smallest absolute Gasteiger partial charge is 0.355 e. The van der Waals surface area contributed by atoms with Gasteiger partial charge in [-0.1, -0.05) is 19.9 Å². The van der Waals surface area contributed by atoms with Crippen molar-refractivity contribution in [2.45, 2.75) is 38.5 Å². The van der Waals surface area contributed by atoms with Crippen molar-refractivity contribution in [2.24, 2.45) is 0 Å². The Hall–Kier alpha value is -2.50. The van der Waals surface area contributed by atoms with E-state index in [1.54, 1.807) is 18.7 Å². The average Bonchev–Trinajstić information content (AvgIpc) is 2.69. The second kappa shape index (κ2) is 7.88. The van der Waals surface area contributed by atoms with Crippen LogP contribution in [0.25, 0.3) is 21.8 Å². The van der Waals surface area contributed by atoms with E-state index < -0.39 is 34.7 Å². The fraction of sp³-hybridized carbons (Fsp3) is 0.400. The lowest BCUT2D eigenvalue weighted by atomic mass is 9.93. The molecule has 31 heavy (non-hydrogen) atoms. The van der Waals surface area contributed by atoms with Gasteiger partial charge in [-0.3, -0.25) is 14.9 Å². The van der Waals surface area contributed by atoms with Gasteiger partial charge in [-0.15, -0.1) is 0 Å². The minimum atomic E-state index is -5.56. The molecule has 0 aliphatic heterocycles. The molecule has 0 saturated heterocycles. The largest absolute Gasteiger partial charge is 0.447 e. The summed E-state index contributed by atoms with van der Waals surface area (Å²) in [4.78, 5) is 9.63. The lowest BCUT2D eigenvalue weighted by Gasteiger charge is -2.27. The monoisotopic (exact) mass is 447 g/mol. The molecule has 3 aromatic rings. The van der Waals surface area contributed by atoms with Crippen molar-refractivity contribution in [1.29, 1.82) is 0 Å². The third-order valence-corrected chi connectivity index (χ3v) is 5.15. The van der Waals surface area contributed by atoms with Gasteiger partial charge in [-0.05, 0) is 30.8 Å².